The maximum absolute atomic E-state index is 13.2. The molecule has 5 rings (SSSR count). The Bertz CT molecular complexity index is 1170. The first-order valence-electron chi connectivity index (χ1n) is 10.5. The van der Waals surface area contributed by atoms with Crippen molar-refractivity contribution in [2.75, 3.05) is 26.2 Å². The average Bonchev–Trinajstić information content (AvgIpc) is 3.22. The molecule has 1 aliphatic carbocycles. The Labute approximate surface area is 176 Å². The monoisotopic (exact) mass is 423 g/mol. The molecule has 156 valence electrons. The molecule has 30 heavy (non-hydrogen) atoms. The van der Waals surface area contributed by atoms with E-state index in [-0.39, 0.29) is 5.91 Å². The maximum Gasteiger partial charge on any atom is 0.270 e. The first kappa shape index (κ1) is 19.3. The number of benzene rings is 2. The number of rotatable bonds is 3. The average molecular weight is 424 g/mol. The molecule has 0 saturated carbocycles. The van der Waals surface area contributed by atoms with E-state index in [1.807, 2.05) is 42.5 Å². The Morgan fingerprint density at radius 1 is 0.867 bits per heavy atom. The van der Waals surface area contributed by atoms with E-state index < -0.39 is 10.0 Å². The number of fused-ring (bicyclic) bond motifs is 2. The zero-order valence-electron chi connectivity index (χ0n) is 16.8. The number of piperazine rings is 1. The van der Waals surface area contributed by atoms with Gasteiger partial charge in [0.1, 0.15) is 5.69 Å². The van der Waals surface area contributed by atoms with E-state index >= 15 is 0 Å². The summed E-state index contributed by atoms with van der Waals surface area (Å²) in [6, 6.07) is 15.2. The van der Waals surface area contributed by atoms with Gasteiger partial charge in [-0.25, -0.2) is 8.42 Å². The van der Waals surface area contributed by atoms with Gasteiger partial charge in [0.25, 0.3) is 5.91 Å². The standard InChI is InChI=1S/C23H25N3O3S/c27-23(22-16-19-7-3-4-8-21(19)24-22)25-11-13-26(14-12-25)30(28,29)20-10-9-17-5-1-2-6-18(17)15-20/h3-4,7-10,15-16,24H,1-2,5-6,11-14H2. The van der Waals surface area contributed by atoms with Crippen LogP contribution < -0.4 is 0 Å². The number of carbonyl (C=O) groups is 1. The Hall–Kier alpha value is -2.64. The molecular formula is C23H25N3O3S. The van der Waals surface area contributed by atoms with Gasteiger partial charge in [-0.3, -0.25) is 4.79 Å². The Morgan fingerprint density at radius 2 is 1.60 bits per heavy atom. The first-order chi connectivity index (χ1) is 14.5. The third-order valence-corrected chi connectivity index (χ3v) is 8.14. The summed E-state index contributed by atoms with van der Waals surface area (Å²) in [5.41, 5.74) is 3.90. The van der Waals surface area contributed by atoms with Crippen LogP contribution in [-0.2, 0) is 22.9 Å². The molecule has 2 aliphatic rings. The molecule has 1 aromatic heterocycles. The van der Waals surface area contributed by atoms with Crippen LogP contribution in [0.4, 0.5) is 0 Å². The fourth-order valence-corrected chi connectivity index (χ4v) is 5.98. The Morgan fingerprint density at radius 3 is 2.37 bits per heavy atom. The molecule has 1 fully saturated rings. The summed E-state index contributed by atoms with van der Waals surface area (Å²) in [7, 11) is -3.54. The lowest BCUT2D eigenvalue weighted by molar-refractivity contribution is 0.0693. The molecule has 2 aromatic carbocycles. The highest BCUT2D eigenvalue weighted by Gasteiger charge is 2.31. The minimum absolute atomic E-state index is 0.0861. The minimum Gasteiger partial charge on any atom is -0.351 e. The predicted molar refractivity (Wildman–Crippen MR) is 116 cm³/mol. The van der Waals surface area contributed by atoms with Gasteiger partial charge < -0.3 is 9.88 Å². The molecule has 0 bridgehead atoms. The summed E-state index contributed by atoms with van der Waals surface area (Å²) >= 11 is 0. The second-order valence-electron chi connectivity index (χ2n) is 8.10. The Kier molecular flexibility index (Phi) is 4.87. The van der Waals surface area contributed by atoms with Crippen molar-refractivity contribution in [3.8, 4) is 0 Å². The van der Waals surface area contributed by atoms with Crippen molar-refractivity contribution in [3.05, 3.63) is 65.4 Å². The molecule has 1 N–H and O–H groups in total. The molecule has 1 aliphatic heterocycles. The summed E-state index contributed by atoms with van der Waals surface area (Å²) in [5.74, 6) is -0.0861. The molecule has 6 nitrogen and oxygen atoms in total. The number of nitrogens with one attached hydrogen (secondary N) is 1. The molecule has 1 amide bonds. The van der Waals surface area contributed by atoms with Gasteiger partial charge in [0.05, 0.1) is 4.90 Å². The van der Waals surface area contributed by atoms with Gasteiger partial charge in [0.15, 0.2) is 0 Å². The van der Waals surface area contributed by atoms with Crippen LogP contribution in [0.25, 0.3) is 10.9 Å². The normalized spacial score (nSPS) is 17.8. The number of nitrogens with zero attached hydrogens (tertiary/aromatic N) is 2. The van der Waals surface area contributed by atoms with E-state index in [9.17, 15) is 13.2 Å². The smallest absolute Gasteiger partial charge is 0.270 e. The minimum atomic E-state index is -3.54. The predicted octanol–water partition coefficient (Wildman–Crippen LogP) is 3.19. The lowest BCUT2D eigenvalue weighted by Gasteiger charge is -2.34. The summed E-state index contributed by atoms with van der Waals surface area (Å²) < 4.78 is 27.8. The van der Waals surface area contributed by atoms with E-state index in [1.54, 1.807) is 11.0 Å². The van der Waals surface area contributed by atoms with Gasteiger partial charge >= 0.3 is 0 Å². The van der Waals surface area contributed by atoms with Crippen LogP contribution in [0.2, 0.25) is 0 Å². The fraction of sp³-hybridized carbons (Fsp3) is 0.348. The van der Waals surface area contributed by atoms with Gasteiger partial charge in [0.2, 0.25) is 10.0 Å². The van der Waals surface area contributed by atoms with Gasteiger partial charge in [0, 0.05) is 37.1 Å². The van der Waals surface area contributed by atoms with Gasteiger partial charge in [-0.05, 0) is 61.1 Å². The largest absolute Gasteiger partial charge is 0.351 e. The van der Waals surface area contributed by atoms with Crippen molar-refractivity contribution in [2.24, 2.45) is 0 Å². The van der Waals surface area contributed by atoms with E-state index in [1.165, 1.54) is 16.3 Å². The van der Waals surface area contributed by atoms with Crippen molar-refractivity contribution in [1.29, 1.82) is 0 Å². The molecule has 1 saturated heterocycles. The second-order valence-corrected chi connectivity index (χ2v) is 10.0. The summed E-state index contributed by atoms with van der Waals surface area (Å²) in [6.07, 6.45) is 4.27. The molecule has 7 heteroatoms. The molecule has 2 heterocycles. The number of amides is 1. The molecule has 0 radical (unpaired) electrons. The van der Waals surface area contributed by atoms with Crippen LogP contribution in [0, 0.1) is 0 Å². The summed E-state index contributed by atoms with van der Waals surface area (Å²) in [6.45, 7) is 1.40. The third kappa shape index (κ3) is 3.42. The zero-order chi connectivity index (χ0) is 20.7. The van der Waals surface area contributed by atoms with E-state index in [2.05, 4.69) is 4.98 Å². The van der Waals surface area contributed by atoms with Crippen molar-refractivity contribution in [3.63, 3.8) is 0 Å². The zero-order valence-corrected chi connectivity index (χ0v) is 17.6. The molecular weight excluding hydrogens is 398 g/mol. The second kappa shape index (κ2) is 7.56. The van der Waals surface area contributed by atoms with Crippen LogP contribution in [0.5, 0.6) is 0 Å². The number of carbonyl (C=O) groups excluding carboxylic acids is 1. The molecule has 3 aromatic rings. The van der Waals surface area contributed by atoms with E-state index in [0.717, 1.165) is 35.7 Å². The maximum atomic E-state index is 13.2. The third-order valence-electron chi connectivity index (χ3n) is 6.24. The quantitative estimate of drug-likeness (QED) is 0.703. The highest BCUT2D eigenvalue weighted by molar-refractivity contribution is 7.89. The van der Waals surface area contributed by atoms with Crippen molar-refractivity contribution >= 4 is 26.8 Å². The molecule has 0 spiro atoms. The lowest BCUT2D eigenvalue weighted by Crippen LogP contribution is -2.50. The topological polar surface area (TPSA) is 73.5 Å². The highest BCUT2D eigenvalue weighted by Crippen LogP contribution is 2.26. The number of aryl methyl sites for hydroxylation is 2. The summed E-state index contributed by atoms with van der Waals surface area (Å²) in [5, 5.41) is 0.995. The van der Waals surface area contributed by atoms with Gasteiger partial charge in [-0.2, -0.15) is 4.31 Å². The number of sulfonamides is 1. The van der Waals surface area contributed by atoms with Crippen LogP contribution in [-0.4, -0.2) is 54.7 Å². The van der Waals surface area contributed by atoms with Crippen molar-refractivity contribution < 1.29 is 13.2 Å². The molecule has 0 unspecified atom stereocenters. The van der Waals surface area contributed by atoms with Crippen LogP contribution in [0.15, 0.2) is 53.4 Å². The lowest BCUT2D eigenvalue weighted by atomic mass is 9.92. The SMILES string of the molecule is O=C(c1cc2ccccc2[nH]1)N1CCN(S(=O)(=O)c2ccc3c(c2)CCCC3)CC1. The molecule has 0 atom stereocenters. The van der Waals surface area contributed by atoms with Crippen LogP contribution >= 0.6 is 0 Å². The number of H-pyrrole nitrogens is 1. The van der Waals surface area contributed by atoms with Crippen LogP contribution in [0.1, 0.15) is 34.5 Å². The fourth-order valence-electron chi connectivity index (χ4n) is 4.51. The Balaban J connectivity index is 1.29. The number of aromatic amines is 1. The van der Waals surface area contributed by atoms with Crippen LogP contribution in [0.3, 0.4) is 0 Å². The highest BCUT2D eigenvalue weighted by atomic mass is 32.2. The number of hydrogen-bond donors (Lipinski definition) is 1. The van der Waals surface area contributed by atoms with Gasteiger partial charge in [-0.1, -0.05) is 24.3 Å². The number of hydrogen-bond acceptors (Lipinski definition) is 3. The van der Waals surface area contributed by atoms with Gasteiger partial charge in [-0.15, -0.1) is 0 Å². The van der Waals surface area contributed by atoms with E-state index in [0.29, 0.717) is 36.8 Å². The summed E-state index contributed by atoms with van der Waals surface area (Å²) in [4.78, 5) is 18.1. The van der Waals surface area contributed by atoms with Crippen molar-refractivity contribution in [2.45, 2.75) is 30.6 Å². The first-order valence-corrected chi connectivity index (χ1v) is 12.0. The number of aromatic nitrogens is 1. The number of para-hydroxylation sites is 1. The van der Waals surface area contributed by atoms with E-state index in [4.69, 9.17) is 0 Å². The van der Waals surface area contributed by atoms with Crippen molar-refractivity contribution in [1.82, 2.24) is 14.2 Å².